The lowest BCUT2D eigenvalue weighted by Gasteiger charge is -2.39. The van der Waals surface area contributed by atoms with E-state index in [1.807, 2.05) is 6.07 Å². The first kappa shape index (κ1) is 11.8. The maximum absolute atomic E-state index is 6.11. The second-order valence-electron chi connectivity index (χ2n) is 4.99. The second-order valence-corrected chi connectivity index (χ2v) is 5.40. The maximum Gasteiger partial charge on any atom is 0.0634 e. The van der Waals surface area contributed by atoms with Gasteiger partial charge in [-0.3, -0.25) is 9.88 Å². The molecule has 1 aromatic heterocycles. The van der Waals surface area contributed by atoms with E-state index in [-0.39, 0.29) is 5.54 Å². The number of pyridine rings is 1. The van der Waals surface area contributed by atoms with Crippen LogP contribution in [0.15, 0.2) is 18.5 Å². The molecule has 0 bridgehead atoms. The molecule has 0 atom stereocenters. The zero-order valence-corrected chi connectivity index (χ0v) is 10.6. The molecule has 1 aromatic rings. The summed E-state index contributed by atoms with van der Waals surface area (Å²) in [5.41, 5.74) is 1.35. The summed E-state index contributed by atoms with van der Waals surface area (Å²) in [5.74, 6) is 0. The van der Waals surface area contributed by atoms with Crippen LogP contribution in [0.25, 0.3) is 0 Å². The lowest BCUT2D eigenvalue weighted by molar-refractivity contribution is 0.148. The SMILES string of the molecule is CC1(C)CN(Cc2ccncc2Cl)CCN1. The Bertz CT molecular complexity index is 365. The van der Waals surface area contributed by atoms with Gasteiger partial charge in [-0.05, 0) is 25.5 Å². The molecule has 0 spiro atoms. The van der Waals surface area contributed by atoms with E-state index in [1.165, 1.54) is 0 Å². The summed E-state index contributed by atoms with van der Waals surface area (Å²) in [7, 11) is 0. The molecule has 0 radical (unpaired) electrons. The second kappa shape index (κ2) is 4.70. The lowest BCUT2D eigenvalue weighted by Crippen LogP contribution is -2.56. The Morgan fingerprint density at radius 2 is 2.38 bits per heavy atom. The fraction of sp³-hybridized carbons (Fsp3) is 0.583. The van der Waals surface area contributed by atoms with Crippen LogP contribution in [0.5, 0.6) is 0 Å². The summed E-state index contributed by atoms with van der Waals surface area (Å²) in [5, 5.41) is 4.26. The topological polar surface area (TPSA) is 28.2 Å². The molecule has 0 unspecified atom stereocenters. The fourth-order valence-electron chi connectivity index (χ4n) is 2.15. The third-order valence-electron chi connectivity index (χ3n) is 2.90. The zero-order chi connectivity index (χ0) is 11.6. The molecule has 2 heterocycles. The van der Waals surface area contributed by atoms with Crippen LogP contribution in [-0.2, 0) is 6.54 Å². The highest BCUT2D eigenvalue weighted by Gasteiger charge is 2.25. The van der Waals surface area contributed by atoms with Gasteiger partial charge in [0, 0.05) is 44.1 Å². The van der Waals surface area contributed by atoms with Crippen molar-refractivity contribution in [3.63, 3.8) is 0 Å². The van der Waals surface area contributed by atoms with Crippen molar-refractivity contribution in [2.24, 2.45) is 0 Å². The van der Waals surface area contributed by atoms with Gasteiger partial charge in [0.05, 0.1) is 5.02 Å². The first-order chi connectivity index (χ1) is 7.57. The average Bonchev–Trinajstić information content (AvgIpc) is 2.20. The molecule has 1 saturated heterocycles. The van der Waals surface area contributed by atoms with E-state index in [1.54, 1.807) is 12.4 Å². The van der Waals surface area contributed by atoms with E-state index in [0.29, 0.717) is 0 Å². The summed E-state index contributed by atoms with van der Waals surface area (Å²) in [6.07, 6.45) is 3.51. The highest BCUT2D eigenvalue weighted by atomic mass is 35.5. The molecular formula is C12H18ClN3. The minimum Gasteiger partial charge on any atom is -0.309 e. The van der Waals surface area contributed by atoms with Crippen LogP contribution >= 0.6 is 11.6 Å². The number of aromatic nitrogens is 1. The molecule has 1 aliphatic rings. The van der Waals surface area contributed by atoms with Crippen molar-refractivity contribution >= 4 is 11.6 Å². The lowest BCUT2D eigenvalue weighted by atomic mass is 10.0. The number of rotatable bonds is 2. The highest BCUT2D eigenvalue weighted by Crippen LogP contribution is 2.18. The molecule has 4 heteroatoms. The van der Waals surface area contributed by atoms with Crippen LogP contribution in [0, 0.1) is 0 Å². The summed E-state index contributed by atoms with van der Waals surface area (Å²) in [4.78, 5) is 6.43. The fourth-order valence-corrected chi connectivity index (χ4v) is 2.33. The minimum absolute atomic E-state index is 0.192. The number of nitrogens with zero attached hydrogens (tertiary/aromatic N) is 2. The van der Waals surface area contributed by atoms with Crippen molar-refractivity contribution in [2.75, 3.05) is 19.6 Å². The van der Waals surface area contributed by atoms with Crippen LogP contribution in [-0.4, -0.2) is 35.1 Å². The van der Waals surface area contributed by atoms with Gasteiger partial charge in [-0.15, -0.1) is 0 Å². The molecule has 0 saturated carbocycles. The number of halogens is 1. The van der Waals surface area contributed by atoms with Crippen molar-refractivity contribution < 1.29 is 0 Å². The molecule has 0 amide bonds. The normalized spacial score (nSPS) is 20.9. The van der Waals surface area contributed by atoms with Gasteiger partial charge >= 0.3 is 0 Å². The quantitative estimate of drug-likeness (QED) is 0.855. The first-order valence-corrected chi connectivity index (χ1v) is 6.00. The largest absolute Gasteiger partial charge is 0.309 e. The Morgan fingerprint density at radius 3 is 3.06 bits per heavy atom. The molecule has 3 nitrogen and oxygen atoms in total. The van der Waals surface area contributed by atoms with Crippen LogP contribution in [0.3, 0.4) is 0 Å². The Hall–Kier alpha value is -0.640. The van der Waals surface area contributed by atoms with Crippen molar-refractivity contribution in [3.8, 4) is 0 Å². The van der Waals surface area contributed by atoms with Crippen molar-refractivity contribution in [3.05, 3.63) is 29.0 Å². The Kier molecular flexibility index (Phi) is 3.47. The number of hydrogen-bond donors (Lipinski definition) is 1. The average molecular weight is 240 g/mol. The van der Waals surface area contributed by atoms with Crippen LogP contribution < -0.4 is 5.32 Å². The Morgan fingerprint density at radius 1 is 1.56 bits per heavy atom. The summed E-state index contributed by atoms with van der Waals surface area (Å²) >= 11 is 6.11. The van der Waals surface area contributed by atoms with Crippen molar-refractivity contribution in [2.45, 2.75) is 25.9 Å². The predicted molar refractivity (Wildman–Crippen MR) is 66.6 cm³/mol. The Labute approximate surface area is 102 Å². The summed E-state index contributed by atoms with van der Waals surface area (Å²) in [6.45, 7) is 8.52. The van der Waals surface area contributed by atoms with Crippen LogP contribution in [0.2, 0.25) is 5.02 Å². The van der Waals surface area contributed by atoms with E-state index in [2.05, 4.69) is 29.0 Å². The van der Waals surface area contributed by atoms with Crippen LogP contribution in [0.1, 0.15) is 19.4 Å². The molecule has 2 rings (SSSR count). The first-order valence-electron chi connectivity index (χ1n) is 5.63. The van der Waals surface area contributed by atoms with Gasteiger partial charge in [-0.25, -0.2) is 0 Å². The third-order valence-corrected chi connectivity index (χ3v) is 3.24. The Balaban J connectivity index is 2.02. The standard InChI is InChI=1S/C12H18ClN3/c1-12(2)9-16(6-5-15-12)8-10-3-4-14-7-11(10)13/h3-4,7,15H,5-6,8-9H2,1-2H3. The van der Waals surface area contributed by atoms with Gasteiger partial charge < -0.3 is 5.32 Å². The molecule has 1 aliphatic heterocycles. The van der Waals surface area contributed by atoms with Crippen molar-refractivity contribution in [1.82, 2.24) is 15.2 Å². The smallest absolute Gasteiger partial charge is 0.0634 e. The molecule has 0 aromatic carbocycles. The van der Waals surface area contributed by atoms with E-state index in [4.69, 9.17) is 11.6 Å². The summed E-state index contributed by atoms with van der Waals surface area (Å²) in [6, 6.07) is 2.00. The highest BCUT2D eigenvalue weighted by molar-refractivity contribution is 6.31. The molecule has 1 fully saturated rings. The van der Waals surface area contributed by atoms with Gasteiger partial charge in [-0.2, -0.15) is 0 Å². The minimum atomic E-state index is 0.192. The molecule has 0 aliphatic carbocycles. The van der Waals surface area contributed by atoms with E-state index in [0.717, 1.165) is 36.8 Å². The van der Waals surface area contributed by atoms with Gasteiger partial charge in [0.2, 0.25) is 0 Å². The van der Waals surface area contributed by atoms with E-state index in [9.17, 15) is 0 Å². The monoisotopic (exact) mass is 239 g/mol. The number of hydrogen-bond acceptors (Lipinski definition) is 3. The number of nitrogens with one attached hydrogen (secondary N) is 1. The van der Waals surface area contributed by atoms with Gasteiger partial charge in [0.15, 0.2) is 0 Å². The van der Waals surface area contributed by atoms with E-state index >= 15 is 0 Å². The van der Waals surface area contributed by atoms with Gasteiger partial charge in [-0.1, -0.05) is 11.6 Å². The van der Waals surface area contributed by atoms with Crippen LogP contribution in [0.4, 0.5) is 0 Å². The zero-order valence-electron chi connectivity index (χ0n) is 9.83. The van der Waals surface area contributed by atoms with Crippen molar-refractivity contribution in [1.29, 1.82) is 0 Å². The molecule has 88 valence electrons. The van der Waals surface area contributed by atoms with Gasteiger partial charge in [0.1, 0.15) is 0 Å². The molecule has 1 N–H and O–H groups in total. The predicted octanol–water partition coefficient (Wildman–Crippen LogP) is 1.92. The number of piperazine rings is 1. The van der Waals surface area contributed by atoms with E-state index < -0.39 is 0 Å². The maximum atomic E-state index is 6.11. The third kappa shape index (κ3) is 2.94. The molecular weight excluding hydrogens is 222 g/mol. The molecule has 16 heavy (non-hydrogen) atoms. The summed E-state index contributed by atoms with van der Waals surface area (Å²) < 4.78 is 0. The van der Waals surface area contributed by atoms with Gasteiger partial charge in [0.25, 0.3) is 0 Å².